The number of aliphatic hydroxyl groups excluding tert-OH is 1. The van der Waals surface area contributed by atoms with Gasteiger partial charge in [0.25, 0.3) is 0 Å². The number of nitrogens with one attached hydrogen (secondary N) is 1. The first-order valence-corrected chi connectivity index (χ1v) is 7.40. The van der Waals surface area contributed by atoms with Crippen molar-refractivity contribution in [2.75, 3.05) is 6.54 Å². The zero-order valence-electron chi connectivity index (χ0n) is 12.9. The molecule has 0 aromatic heterocycles. The van der Waals surface area contributed by atoms with Crippen molar-refractivity contribution in [1.82, 2.24) is 5.32 Å². The standard InChI is InChI=1S/C13H22N4O5/c1-4-5-6-15-11(19)7(16-17-14)9-8(18)10-12(20-9)22-13(2,3)21-10/h7-10,12,18H,4-6H2,1-3H3,(H,15,19)/t7-,8+,9-,10-,12-/m1/s1. The van der Waals surface area contributed by atoms with Gasteiger partial charge in [0.1, 0.15) is 24.4 Å². The Kier molecular flexibility index (Phi) is 5.25. The largest absolute Gasteiger partial charge is 0.387 e. The highest BCUT2D eigenvalue weighted by Crippen LogP contribution is 2.38. The molecule has 0 unspecified atom stereocenters. The summed E-state index contributed by atoms with van der Waals surface area (Å²) in [6, 6.07) is -1.17. The van der Waals surface area contributed by atoms with Gasteiger partial charge >= 0.3 is 0 Å². The van der Waals surface area contributed by atoms with E-state index in [0.717, 1.165) is 12.8 Å². The average Bonchev–Trinajstić information content (AvgIpc) is 2.90. The Hall–Kier alpha value is -1.38. The lowest BCUT2D eigenvalue weighted by Crippen LogP contribution is -2.47. The molecule has 9 heteroatoms. The average molecular weight is 314 g/mol. The van der Waals surface area contributed by atoms with Crippen molar-refractivity contribution in [2.45, 2.75) is 70.0 Å². The van der Waals surface area contributed by atoms with E-state index in [1.807, 2.05) is 6.92 Å². The predicted molar refractivity (Wildman–Crippen MR) is 75.6 cm³/mol. The summed E-state index contributed by atoms with van der Waals surface area (Å²) in [5, 5.41) is 16.5. The van der Waals surface area contributed by atoms with Crippen LogP contribution in [0.15, 0.2) is 5.11 Å². The van der Waals surface area contributed by atoms with Gasteiger partial charge in [0.15, 0.2) is 12.1 Å². The molecule has 2 rings (SSSR count). The number of hydrogen-bond donors (Lipinski definition) is 2. The molecule has 0 aliphatic carbocycles. The summed E-state index contributed by atoms with van der Waals surface area (Å²) in [4.78, 5) is 14.8. The molecule has 0 aromatic rings. The molecule has 0 saturated carbocycles. The summed E-state index contributed by atoms with van der Waals surface area (Å²) in [6.07, 6.45) is -1.86. The van der Waals surface area contributed by atoms with E-state index in [-0.39, 0.29) is 0 Å². The number of ether oxygens (including phenoxy) is 3. The van der Waals surface area contributed by atoms with Gasteiger partial charge in [-0.1, -0.05) is 18.5 Å². The minimum Gasteiger partial charge on any atom is -0.387 e. The normalized spacial score (nSPS) is 33.8. The third kappa shape index (κ3) is 3.50. The van der Waals surface area contributed by atoms with Gasteiger partial charge in [0, 0.05) is 11.5 Å². The van der Waals surface area contributed by atoms with Crippen molar-refractivity contribution in [3.8, 4) is 0 Å². The molecular weight excluding hydrogens is 292 g/mol. The molecule has 5 atom stereocenters. The third-order valence-electron chi connectivity index (χ3n) is 3.64. The van der Waals surface area contributed by atoms with E-state index >= 15 is 0 Å². The Bertz CT molecular complexity index is 465. The number of carbonyl (C=O) groups is 1. The lowest BCUT2D eigenvalue weighted by Gasteiger charge is -2.25. The van der Waals surface area contributed by atoms with Crippen molar-refractivity contribution in [3.63, 3.8) is 0 Å². The minimum absolute atomic E-state index is 0.475. The first-order valence-electron chi connectivity index (χ1n) is 7.40. The molecule has 0 radical (unpaired) electrons. The van der Waals surface area contributed by atoms with Crippen LogP contribution < -0.4 is 5.32 Å². The smallest absolute Gasteiger partial charge is 0.231 e. The monoisotopic (exact) mass is 314 g/mol. The highest BCUT2D eigenvalue weighted by Gasteiger charge is 2.56. The zero-order chi connectivity index (χ0) is 16.3. The first kappa shape index (κ1) is 17.0. The molecule has 1 amide bonds. The van der Waals surface area contributed by atoms with Crippen LogP contribution in [0.1, 0.15) is 33.6 Å². The topological polar surface area (TPSA) is 126 Å². The maximum Gasteiger partial charge on any atom is 0.231 e. The summed E-state index contributed by atoms with van der Waals surface area (Å²) < 4.78 is 16.6. The van der Waals surface area contributed by atoms with Gasteiger partial charge in [-0.2, -0.15) is 0 Å². The van der Waals surface area contributed by atoms with Crippen LogP contribution in [0.2, 0.25) is 0 Å². The van der Waals surface area contributed by atoms with Gasteiger partial charge in [-0.05, 0) is 25.8 Å². The zero-order valence-corrected chi connectivity index (χ0v) is 12.9. The van der Waals surface area contributed by atoms with Crippen molar-refractivity contribution < 1.29 is 24.1 Å². The summed E-state index contributed by atoms with van der Waals surface area (Å²) in [7, 11) is 0. The predicted octanol–water partition coefficient (Wildman–Crippen LogP) is 0.819. The van der Waals surface area contributed by atoms with E-state index in [4.69, 9.17) is 19.7 Å². The number of unbranched alkanes of at least 4 members (excludes halogenated alkanes) is 1. The van der Waals surface area contributed by atoms with Crippen LogP contribution in [-0.4, -0.2) is 54.0 Å². The molecule has 22 heavy (non-hydrogen) atoms. The van der Waals surface area contributed by atoms with E-state index in [2.05, 4.69) is 15.3 Å². The molecule has 0 spiro atoms. The third-order valence-corrected chi connectivity index (χ3v) is 3.64. The lowest BCUT2D eigenvalue weighted by molar-refractivity contribution is -0.216. The minimum atomic E-state index is -1.17. The number of amides is 1. The molecule has 2 heterocycles. The van der Waals surface area contributed by atoms with Crippen molar-refractivity contribution in [3.05, 3.63) is 10.4 Å². The quantitative estimate of drug-likeness (QED) is 0.325. The molecule has 2 N–H and O–H groups in total. The van der Waals surface area contributed by atoms with E-state index in [0.29, 0.717) is 6.54 Å². The van der Waals surface area contributed by atoms with Crippen LogP contribution in [0.3, 0.4) is 0 Å². The second-order valence-corrected chi connectivity index (χ2v) is 5.85. The van der Waals surface area contributed by atoms with Gasteiger partial charge in [-0.15, -0.1) is 0 Å². The highest BCUT2D eigenvalue weighted by atomic mass is 16.8. The van der Waals surface area contributed by atoms with Crippen molar-refractivity contribution >= 4 is 5.91 Å². The molecule has 9 nitrogen and oxygen atoms in total. The van der Waals surface area contributed by atoms with Crippen LogP contribution in [-0.2, 0) is 19.0 Å². The number of nitrogens with zero attached hydrogens (tertiary/aromatic N) is 3. The highest BCUT2D eigenvalue weighted by molar-refractivity contribution is 5.82. The Morgan fingerprint density at radius 2 is 2.23 bits per heavy atom. The van der Waals surface area contributed by atoms with E-state index in [1.165, 1.54) is 0 Å². The summed E-state index contributed by atoms with van der Waals surface area (Å²) in [5.74, 6) is -1.34. The van der Waals surface area contributed by atoms with Gasteiger partial charge in [0.2, 0.25) is 5.91 Å². The number of fused-ring (bicyclic) bond motifs is 1. The Labute approximate surface area is 128 Å². The fourth-order valence-corrected chi connectivity index (χ4v) is 2.59. The van der Waals surface area contributed by atoms with Crippen LogP contribution in [0.5, 0.6) is 0 Å². The Morgan fingerprint density at radius 1 is 1.50 bits per heavy atom. The van der Waals surface area contributed by atoms with Crippen molar-refractivity contribution in [2.24, 2.45) is 5.11 Å². The summed E-state index contributed by atoms with van der Waals surface area (Å²) in [5.41, 5.74) is 8.67. The van der Waals surface area contributed by atoms with Crippen LogP contribution >= 0.6 is 0 Å². The molecule has 2 aliphatic heterocycles. The fourth-order valence-electron chi connectivity index (χ4n) is 2.59. The Morgan fingerprint density at radius 3 is 2.82 bits per heavy atom. The first-order chi connectivity index (χ1) is 10.4. The van der Waals surface area contributed by atoms with Crippen LogP contribution in [0.25, 0.3) is 10.4 Å². The van der Waals surface area contributed by atoms with Gasteiger partial charge in [0.05, 0.1) is 0 Å². The number of hydrogen-bond acceptors (Lipinski definition) is 6. The van der Waals surface area contributed by atoms with Gasteiger partial charge < -0.3 is 24.6 Å². The number of aliphatic hydroxyl groups is 1. The maximum atomic E-state index is 12.1. The molecule has 2 fully saturated rings. The molecule has 2 aliphatic rings. The number of rotatable bonds is 6. The molecule has 0 aromatic carbocycles. The lowest BCUT2D eigenvalue weighted by atomic mass is 10.0. The fraction of sp³-hybridized carbons (Fsp3) is 0.923. The van der Waals surface area contributed by atoms with E-state index in [1.54, 1.807) is 13.8 Å². The van der Waals surface area contributed by atoms with E-state index < -0.39 is 42.3 Å². The molecule has 2 saturated heterocycles. The van der Waals surface area contributed by atoms with Crippen LogP contribution in [0.4, 0.5) is 0 Å². The Balaban J connectivity index is 2.04. The second kappa shape index (κ2) is 6.80. The maximum absolute atomic E-state index is 12.1. The second-order valence-electron chi connectivity index (χ2n) is 5.85. The number of azide groups is 1. The summed E-state index contributed by atoms with van der Waals surface area (Å²) in [6.45, 7) is 5.89. The molecule has 0 bridgehead atoms. The van der Waals surface area contributed by atoms with Gasteiger partial charge in [-0.25, -0.2) is 0 Å². The summed E-state index contributed by atoms with van der Waals surface area (Å²) >= 11 is 0. The molecular formula is C13H22N4O5. The van der Waals surface area contributed by atoms with Crippen LogP contribution in [0, 0.1) is 0 Å². The van der Waals surface area contributed by atoms with E-state index in [9.17, 15) is 9.90 Å². The molecule has 124 valence electrons. The SMILES string of the molecule is CCCCNC(=O)[C@H](N=[N+]=[N-])[C@H]1O[C@@H]2OC(C)(C)O[C@@H]2[C@H]1O. The number of carbonyl (C=O) groups excluding carboxylic acids is 1. The van der Waals surface area contributed by atoms with Gasteiger partial charge in [-0.3, -0.25) is 4.79 Å². The van der Waals surface area contributed by atoms with Crippen molar-refractivity contribution in [1.29, 1.82) is 0 Å².